The van der Waals surface area contributed by atoms with E-state index in [1.807, 2.05) is 4.90 Å². The van der Waals surface area contributed by atoms with Crippen molar-refractivity contribution in [1.82, 2.24) is 24.3 Å². The molecule has 3 aromatic rings. The Bertz CT molecular complexity index is 1100. The zero-order chi connectivity index (χ0) is 22.2. The van der Waals surface area contributed by atoms with Crippen molar-refractivity contribution in [2.24, 2.45) is 0 Å². The molecular weight excluding hydrogens is 416 g/mol. The van der Waals surface area contributed by atoms with E-state index in [1.54, 1.807) is 36.0 Å². The van der Waals surface area contributed by atoms with Gasteiger partial charge in [0.1, 0.15) is 29.4 Å². The van der Waals surface area contributed by atoms with E-state index in [9.17, 15) is 22.4 Å². The van der Waals surface area contributed by atoms with Crippen molar-refractivity contribution in [1.29, 1.82) is 0 Å². The first-order valence-corrected chi connectivity index (χ1v) is 9.75. The molecule has 0 radical (unpaired) electrons. The fourth-order valence-electron chi connectivity index (χ4n) is 3.76. The summed E-state index contributed by atoms with van der Waals surface area (Å²) in [4.78, 5) is 28.1. The topological polar surface area (TPSA) is 66.6 Å². The number of hydrogen-bond acceptors (Lipinski definition) is 5. The molecule has 1 fully saturated rings. The lowest BCUT2D eigenvalue weighted by Crippen LogP contribution is -2.49. The van der Waals surface area contributed by atoms with Gasteiger partial charge in [0, 0.05) is 38.6 Å². The Kier molecular flexibility index (Phi) is 5.50. The van der Waals surface area contributed by atoms with Crippen LogP contribution >= 0.6 is 0 Å². The minimum absolute atomic E-state index is 0.186. The molecule has 1 aliphatic rings. The number of likely N-dealkylation sites (tertiary alicyclic amines) is 1. The summed E-state index contributed by atoms with van der Waals surface area (Å²) in [7, 11) is 1.78. The van der Waals surface area contributed by atoms with Crippen molar-refractivity contribution >= 4 is 17.4 Å². The lowest BCUT2D eigenvalue weighted by molar-refractivity contribution is -0.162. The smallest absolute Gasteiger partial charge is 0.355 e. The van der Waals surface area contributed by atoms with Gasteiger partial charge in [0.15, 0.2) is 5.82 Å². The van der Waals surface area contributed by atoms with Gasteiger partial charge < -0.3 is 9.80 Å². The molecule has 0 aromatic carbocycles. The molecule has 164 valence electrons. The highest BCUT2D eigenvalue weighted by Gasteiger charge is 2.35. The molecule has 3 aromatic heterocycles. The zero-order valence-corrected chi connectivity index (χ0v) is 16.7. The maximum atomic E-state index is 13.7. The van der Waals surface area contributed by atoms with Crippen LogP contribution in [0, 0.1) is 5.82 Å². The van der Waals surface area contributed by atoms with Crippen molar-refractivity contribution in [3.63, 3.8) is 0 Å². The molecule has 31 heavy (non-hydrogen) atoms. The van der Waals surface area contributed by atoms with Gasteiger partial charge in [-0.1, -0.05) is 0 Å². The number of imidazole rings is 1. The number of likely N-dealkylation sites (N-methyl/N-ethyl adjacent to an activating group) is 1. The number of carbonyl (C=O) groups is 1. The SMILES string of the molecule is CN(c1ccnc(-c2cnc3ccc(F)cn23)n1)C1CCCN(C(=O)CC(F)(F)F)C1. The van der Waals surface area contributed by atoms with Gasteiger partial charge in [-0.25, -0.2) is 19.3 Å². The largest absolute Gasteiger partial charge is 0.397 e. The van der Waals surface area contributed by atoms with Crippen LogP contribution in [0.25, 0.3) is 17.2 Å². The summed E-state index contributed by atoms with van der Waals surface area (Å²) in [5.41, 5.74) is 1.06. The highest BCUT2D eigenvalue weighted by atomic mass is 19.4. The Balaban J connectivity index is 1.54. The van der Waals surface area contributed by atoms with Gasteiger partial charge >= 0.3 is 6.18 Å². The number of pyridine rings is 1. The molecule has 11 heteroatoms. The number of alkyl halides is 3. The zero-order valence-electron chi connectivity index (χ0n) is 16.7. The molecule has 1 atom stereocenters. The predicted octanol–water partition coefficient (Wildman–Crippen LogP) is 3.31. The van der Waals surface area contributed by atoms with Crippen LogP contribution in [0.15, 0.2) is 36.8 Å². The van der Waals surface area contributed by atoms with Gasteiger partial charge in [0.05, 0.1) is 6.20 Å². The third kappa shape index (κ3) is 4.59. The molecule has 7 nitrogen and oxygen atoms in total. The average molecular weight is 436 g/mol. The normalized spacial score (nSPS) is 17.2. The minimum Gasteiger partial charge on any atom is -0.355 e. The summed E-state index contributed by atoms with van der Waals surface area (Å²) >= 11 is 0. The Labute approximate surface area is 175 Å². The number of piperidine rings is 1. The number of amides is 1. The highest BCUT2D eigenvalue weighted by molar-refractivity contribution is 5.77. The van der Waals surface area contributed by atoms with Crippen LogP contribution in [0.3, 0.4) is 0 Å². The van der Waals surface area contributed by atoms with Crippen molar-refractivity contribution in [2.45, 2.75) is 31.5 Å². The maximum Gasteiger partial charge on any atom is 0.397 e. The Morgan fingerprint density at radius 1 is 1.26 bits per heavy atom. The van der Waals surface area contributed by atoms with Crippen molar-refractivity contribution < 1.29 is 22.4 Å². The number of aromatic nitrogens is 4. The van der Waals surface area contributed by atoms with Gasteiger partial charge in [0.2, 0.25) is 5.91 Å². The maximum absolute atomic E-state index is 13.7. The molecule has 1 amide bonds. The molecule has 1 unspecified atom stereocenters. The molecule has 0 bridgehead atoms. The number of rotatable bonds is 4. The average Bonchev–Trinajstić information content (AvgIpc) is 3.15. The summed E-state index contributed by atoms with van der Waals surface area (Å²) in [5.74, 6) is -0.456. The summed E-state index contributed by atoms with van der Waals surface area (Å²) in [6.07, 6.45) is -0.260. The van der Waals surface area contributed by atoms with E-state index in [2.05, 4.69) is 15.0 Å². The van der Waals surface area contributed by atoms with E-state index < -0.39 is 24.3 Å². The summed E-state index contributed by atoms with van der Waals surface area (Å²) < 4.78 is 53.0. The van der Waals surface area contributed by atoms with E-state index in [4.69, 9.17) is 0 Å². The number of fused-ring (bicyclic) bond motifs is 1. The monoisotopic (exact) mass is 436 g/mol. The first-order valence-electron chi connectivity index (χ1n) is 9.75. The molecule has 0 aliphatic carbocycles. The van der Waals surface area contributed by atoms with E-state index in [0.717, 1.165) is 0 Å². The molecule has 4 heterocycles. The van der Waals surface area contributed by atoms with Crippen molar-refractivity contribution in [3.05, 3.63) is 42.6 Å². The molecule has 1 aliphatic heterocycles. The standard InChI is InChI=1S/C20H20F4N6O/c1-28(14-3-2-8-29(12-14)18(31)9-20(22,23)24)17-6-7-25-19(27-17)15-10-26-16-5-4-13(21)11-30(15)16/h4-7,10-11,14H,2-3,8-9,12H2,1H3. The summed E-state index contributed by atoms with van der Waals surface area (Å²) in [6.45, 7) is 0.493. The van der Waals surface area contributed by atoms with Crippen LogP contribution in [0.2, 0.25) is 0 Å². The van der Waals surface area contributed by atoms with Crippen LogP contribution in [-0.4, -0.2) is 62.5 Å². The fraction of sp³-hybridized carbons (Fsp3) is 0.400. The molecular formula is C20H20F4N6O. The van der Waals surface area contributed by atoms with Crippen molar-refractivity contribution in [2.75, 3.05) is 25.0 Å². The third-order valence-electron chi connectivity index (χ3n) is 5.35. The summed E-state index contributed by atoms with van der Waals surface area (Å²) in [6, 6.07) is 4.35. The lowest BCUT2D eigenvalue weighted by atomic mass is 10.0. The van der Waals surface area contributed by atoms with Gasteiger partial charge in [-0.2, -0.15) is 13.2 Å². The molecule has 0 N–H and O–H groups in total. The second-order valence-electron chi connectivity index (χ2n) is 7.50. The van der Waals surface area contributed by atoms with Crippen LogP contribution < -0.4 is 4.90 Å². The second kappa shape index (κ2) is 8.12. The van der Waals surface area contributed by atoms with E-state index >= 15 is 0 Å². The van der Waals surface area contributed by atoms with Crippen LogP contribution in [0.5, 0.6) is 0 Å². The molecule has 0 saturated carbocycles. The molecule has 4 rings (SSSR count). The van der Waals surface area contributed by atoms with Gasteiger partial charge in [0.25, 0.3) is 0 Å². The van der Waals surface area contributed by atoms with E-state index in [0.29, 0.717) is 42.4 Å². The van der Waals surface area contributed by atoms with Gasteiger partial charge in [-0.3, -0.25) is 9.20 Å². The fourth-order valence-corrected chi connectivity index (χ4v) is 3.76. The number of anilines is 1. The second-order valence-corrected chi connectivity index (χ2v) is 7.50. The van der Waals surface area contributed by atoms with E-state index in [-0.39, 0.29) is 12.6 Å². The quantitative estimate of drug-likeness (QED) is 0.587. The molecule has 1 saturated heterocycles. The van der Waals surface area contributed by atoms with Crippen LogP contribution in [0.4, 0.5) is 23.4 Å². The Hall–Kier alpha value is -3.24. The number of carbonyl (C=O) groups excluding carboxylic acids is 1. The first-order chi connectivity index (χ1) is 14.7. The Morgan fingerprint density at radius 2 is 2.06 bits per heavy atom. The number of halogens is 4. The lowest BCUT2D eigenvalue weighted by Gasteiger charge is -2.38. The minimum atomic E-state index is -4.52. The summed E-state index contributed by atoms with van der Waals surface area (Å²) in [5, 5.41) is 0. The Morgan fingerprint density at radius 3 is 2.84 bits per heavy atom. The third-order valence-corrected chi connectivity index (χ3v) is 5.35. The number of hydrogen-bond donors (Lipinski definition) is 0. The van der Waals surface area contributed by atoms with Gasteiger partial charge in [-0.05, 0) is 31.0 Å². The highest BCUT2D eigenvalue weighted by Crippen LogP contribution is 2.26. The molecule has 0 spiro atoms. The predicted molar refractivity (Wildman–Crippen MR) is 105 cm³/mol. The van der Waals surface area contributed by atoms with Crippen LogP contribution in [-0.2, 0) is 4.79 Å². The van der Waals surface area contributed by atoms with Crippen molar-refractivity contribution in [3.8, 4) is 11.5 Å². The first kappa shape index (κ1) is 21.0. The number of nitrogens with zero attached hydrogens (tertiary/aromatic N) is 6. The van der Waals surface area contributed by atoms with Crippen LogP contribution in [0.1, 0.15) is 19.3 Å². The van der Waals surface area contributed by atoms with Gasteiger partial charge in [-0.15, -0.1) is 0 Å². The van der Waals surface area contributed by atoms with E-state index in [1.165, 1.54) is 17.2 Å².